The topological polar surface area (TPSA) is 97.3 Å². The van der Waals surface area contributed by atoms with Crippen LogP contribution in [-0.4, -0.2) is 58.4 Å². The fourth-order valence-electron chi connectivity index (χ4n) is 6.35. The van der Waals surface area contributed by atoms with Crippen LogP contribution in [0.4, 0.5) is 4.79 Å². The Kier molecular flexibility index (Phi) is 7.50. The van der Waals surface area contributed by atoms with Crippen LogP contribution in [0, 0.1) is 18.8 Å². The van der Waals surface area contributed by atoms with Crippen molar-refractivity contribution in [3.8, 4) is 11.5 Å². The molecular weight excluding hydrogens is 508 g/mol. The molecule has 40 heavy (non-hydrogen) atoms. The molecule has 2 N–H and O–H groups in total. The zero-order chi connectivity index (χ0) is 28.8. The van der Waals surface area contributed by atoms with Gasteiger partial charge in [-0.05, 0) is 83.7 Å². The van der Waals surface area contributed by atoms with E-state index >= 15 is 0 Å². The Bertz CT molecular complexity index is 1250. The van der Waals surface area contributed by atoms with Crippen molar-refractivity contribution in [1.82, 2.24) is 10.2 Å². The van der Waals surface area contributed by atoms with E-state index in [4.69, 9.17) is 14.2 Å². The van der Waals surface area contributed by atoms with E-state index in [1.54, 1.807) is 45.0 Å². The van der Waals surface area contributed by atoms with Crippen LogP contribution in [0.3, 0.4) is 0 Å². The van der Waals surface area contributed by atoms with Gasteiger partial charge in [0.1, 0.15) is 28.7 Å². The highest BCUT2D eigenvalue weighted by atomic mass is 16.6. The van der Waals surface area contributed by atoms with Gasteiger partial charge in [-0.2, -0.15) is 0 Å². The molecule has 3 aliphatic rings. The predicted octanol–water partition coefficient (Wildman–Crippen LogP) is 5.30. The number of aromatic hydroxyl groups is 1. The summed E-state index contributed by atoms with van der Waals surface area (Å²) < 4.78 is 18.7. The Labute approximate surface area is 237 Å². The van der Waals surface area contributed by atoms with Crippen LogP contribution in [0.25, 0.3) is 0 Å². The van der Waals surface area contributed by atoms with Gasteiger partial charge in [0.25, 0.3) is 0 Å². The Hall–Kier alpha value is -3.26. The number of aryl methyl sites for hydroxylation is 1. The van der Waals surface area contributed by atoms with Gasteiger partial charge in [-0.3, -0.25) is 4.79 Å². The van der Waals surface area contributed by atoms with E-state index in [9.17, 15) is 14.7 Å². The molecule has 0 spiro atoms. The van der Waals surface area contributed by atoms with Crippen LogP contribution < -0.4 is 10.1 Å². The fraction of sp³-hybridized carbons (Fsp3) is 0.562. The van der Waals surface area contributed by atoms with Crippen molar-refractivity contribution in [3.05, 3.63) is 59.2 Å². The molecule has 0 aliphatic carbocycles. The van der Waals surface area contributed by atoms with E-state index in [0.717, 1.165) is 35.3 Å². The maximum absolute atomic E-state index is 13.9. The third kappa shape index (κ3) is 6.07. The lowest BCUT2D eigenvalue weighted by Crippen LogP contribution is -2.58. The number of fused-ring (bicyclic) bond motifs is 4. The molecule has 5 atom stereocenters. The minimum absolute atomic E-state index is 0.0288. The summed E-state index contributed by atoms with van der Waals surface area (Å²) in [5.41, 5.74) is 2.03. The van der Waals surface area contributed by atoms with E-state index in [1.165, 1.54) is 0 Å². The second-order valence-corrected chi connectivity index (χ2v) is 13.1. The molecule has 0 radical (unpaired) electrons. The number of nitrogens with one attached hydrogen (secondary N) is 1. The van der Waals surface area contributed by atoms with Crippen molar-refractivity contribution in [2.24, 2.45) is 11.8 Å². The van der Waals surface area contributed by atoms with Crippen molar-refractivity contribution < 1.29 is 28.9 Å². The zero-order valence-corrected chi connectivity index (χ0v) is 24.4. The van der Waals surface area contributed by atoms with Gasteiger partial charge in [-0.15, -0.1) is 0 Å². The van der Waals surface area contributed by atoms with E-state index in [1.807, 2.05) is 4.90 Å². The number of phenols is 1. The second-order valence-electron chi connectivity index (χ2n) is 13.1. The maximum atomic E-state index is 13.9. The molecule has 5 rings (SSSR count). The number of nitrogens with zero attached hydrogens (tertiary/aromatic N) is 1. The lowest BCUT2D eigenvalue weighted by atomic mass is 9.70. The van der Waals surface area contributed by atoms with E-state index in [-0.39, 0.29) is 35.7 Å². The minimum atomic E-state index is -0.794. The molecule has 2 amide bonds. The number of piperidine rings is 1. The summed E-state index contributed by atoms with van der Waals surface area (Å²) in [6, 6.07) is 12.2. The molecule has 0 unspecified atom stereocenters. The van der Waals surface area contributed by atoms with Gasteiger partial charge in [-0.25, -0.2) is 4.79 Å². The summed E-state index contributed by atoms with van der Waals surface area (Å²) in [6.45, 7) is 12.8. The number of likely N-dealkylation sites (tertiary alicyclic amines) is 1. The van der Waals surface area contributed by atoms with Gasteiger partial charge >= 0.3 is 6.09 Å². The molecule has 0 saturated carbocycles. The summed E-state index contributed by atoms with van der Waals surface area (Å²) in [7, 11) is 0. The largest absolute Gasteiger partial charge is 0.508 e. The highest BCUT2D eigenvalue weighted by Crippen LogP contribution is 2.53. The van der Waals surface area contributed by atoms with Crippen molar-refractivity contribution in [3.63, 3.8) is 0 Å². The number of phenolic OH excluding ortho intramolecular Hbond substituents is 1. The molecule has 2 aromatic rings. The van der Waals surface area contributed by atoms with Crippen molar-refractivity contribution >= 4 is 12.0 Å². The number of carbonyl (C=O) groups is 2. The monoisotopic (exact) mass is 550 g/mol. The van der Waals surface area contributed by atoms with Crippen LogP contribution in [0.2, 0.25) is 0 Å². The highest BCUT2D eigenvalue weighted by Gasteiger charge is 2.51. The summed E-state index contributed by atoms with van der Waals surface area (Å²) in [5, 5.41) is 12.5. The average molecular weight is 551 g/mol. The molecule has 3 heterocycles. The number of benzene rings is 2. The number of carbonyl (C=O) groups excluding carboxylic acids is 2. The number of rotatable bonds is 4. The molecule has 0 aromatic heterocycles. The Morgan fingerprint density at radius 1 is 1.18 bits per heavy atom. The van der Waals surface area contributed by atoms with Gasteiger partial charge in [0.15, 0.2) is 0 Å². The van der Waals surface area contributed by atoms with E-state index in [2.05, 4.69) is 44.3 Å². The van der Waals surface area contributed by atoms with Crippen LogP contribution in [-0.2, 0) is 20.7 Å². The number of hydrogen-bond donors (Lipinski definition) is 2. The standard InChI is InChI=1S/C32H42N2O6/c1-19-7-12-23-27(15-19)39-32(5,6)24-17-21-18-34(14-13-26(21)38-28(23)24)29(36)25(33-30(37)40-31(2,3)4)16-20-8-10-22(35)11-9-20/h7-12,15,21,24-26,28,35H,13-14,16-18H2,1-6H3,(H,33,37)/t21-,24+,25+,26+,28-/m1/s1. The van der Waals surface area contributed by atoms with Crippen molar-refractivity contribution in [2.45, 2.75) is 90.3 Å². The van der Waals surface area contributed by atoms with Crippen LogP contribution in [0.5, 0.6) is 11.5 Å². The van der Waals surface area contributed by atoms with Gasteiger partial charge in [-0.1, -0.05) is 24.3 Å². The molecule has 2 fully saturated rings. The summed E-state index contributed by atoms with van der Waals surface area (Å²) in [4.78, 5) is 28.5. The number of amides is 2. The molecule has 8 heteroatoms. The molecule has 0 bridgehead atoms. The van der Waals surface area contributed by atoms with Crippen LogP contribution in [0.15, 0.2) is 42.5 Å². The molecule has 8 nitrogen and oxygen atoms in total. The number of ether oxygens (including phenoxy) is 3. The first-order valence-corrected chi connectivity index (χ1v) is 14.3. The Morgan fingerprint density at radius 3 is 2.60 bits per heavy atom. The van der Waals surface area contributed by atoms with Crippen molar-refractivity contribution in [2.75, 3.05) is 13.1 Å². The second kappa shape index (κ2) is 10.6. The molecule has 3 aliphatic heterocycles. The quantitative estimate of drug-likeness (QED) is 0.536. The van der Waals surface area contributed by atoms with Gasteiger partial charge < -0.3 is 29.5 Å². The SMILES string of the molecule is Cc1ccc2c(c1)OC(C)(C)[C@H]1C[C@@H]3CN(C(=O)[C@H](Cc4ccc(O)cc4)NC(=O)OC(C)(C)C)CC[C@@H]3O[C@H]21. The number of alkyl carbamates (subject to hydrolysis) is 1. The minimum Gasteiger partial charge on any atom is -0.508 e. The Morgan fingerprint density at radius 2 is 1.90 bits per heavy atom. The lowest BCUT2D eigenvalue weighted by Gasteiger charge is -2.53. The molecule has 216 valence electrons. The third-order valence-electron chi connectivity index (χ3n) is 8.33. The maximum Gasteiger partial charge on any atom is 0.408 e. The summed E-state index contributed by atoms with van der Waals surface area (Å²) >= 11 is 0. The first kappa shape index (κ1) is 28.3. The average Bonchev–Trinajstić information content (AvgIpc) is 2.86. The van der Waals surface area contributed by atoms with E-state index in [0.29, 0.717) is 19.5 Å². The highest BCUT2D eigenvalue weighted by molar-refractivity contribution is 5.86. The van der Waals surface area contributed by atoms with E-state index < -0.39 is 23.3 Å². The van der Waals surface area contributed by atoms with Crippen LogP contribution in [0.1, 0.15) is 70.3 Å². The first-order valence-electron chi connectivity index (χ1n) is 14.3. The van der Waals surface area contributed by atoms with Crippen LogP contribution >= 0.6 is 0 Å². The third-order valence-corrected chi connectivity index (χ3v) is 8.33. The van der Waals surface area contributed by atoms with Gasteiger partial charge in [0.05, 0.1) is 12.2 Å². The van der Waals surface area contributed by atoms with Gasteiger partial charge in [0.2, 0.25) is 5.91 Å². The lowest BCUT2D eigenvalue weighted by molar-refractivity contribution is -0.189. The number of hydrogen-bond acceptors (Lipinski definition) is 6. The first-order chi connectivity index (χ1) is 18.8. The zero-order valence-electron chi connectivity index (χ0n) is 24.4. The molecule has 2 aromatic carbocycles. The van der Waals surface area contributed by atoms with Crippen molar-refractivity contribution in [1.29, 1.82) is 0 Å². The molecule has 2 saturated heterocycles. The predicted molar refractivity (Wildman–Crippen MR) is 151 cm³/mol. The smallest absolute Gasteiger partial charge is 0.408 e. The normalized spacial score (nSPS) is 25.9. The summed E-state index contributed by atoms with van der Waals surface area (Å²) in [6.07, 6.45) is 1.32. The Balaban J connectivity index is 1.32. The summed E-state index contributed by atoms with van der Waals surface area (Å²) in [5.74, 6) is 1.25. The fourth-order valence-corrected chi connectivity index (χ4v) is 6.35. The molecular formula is C32H42N2O6. The van der Waals surface area contributed by atoms with Gasteiger partial charge in [0, 0.05) is 36.9 Å².